The second-order valence-electron chi connectivity index (χ2n) is 19.7. The predicted octanol–water partition coefficient (Wildman–Crippen LogP) is 7.00. The number of hydrogen-bond donors (Lipinski definition) is 3. The zero-order valence-corrected chi connectivity index (χ0v) is 40.4. The number of hydrogen-bond acceptors (Lipinski definition) is 12. The van der Waals surface area contributed by atoms with Crippen LogP contribution in [0.15, 0.2) is 47.6 Å². The van der Waals surface area contributed by atoms with E-state index >= 15 is 0 Å². The lowest BCUT2D eigenvalue weighted by molar-refractivity contribution is -0.265. The first-order valence-electron chi connectivity index (χ1n) is 24.0. The predicted molar refractivity (Wildman–Crippen MR) is 245 cm³/mol. The van der Waals surface area contributed by atoms with E-state index in [9.17, 15) is 34.5 Å². The third-order valence-corrected chi connectivity index (χ3v) is 14.5. The topological polar surface area (TPSA) is 178 Å². The number of aliphatic hydroxyl groups excluding tert-OH is 2. The van der Waals surface area contributed by atoms with E-state index in [4.69, 9.17) is 23.7 Å². The number of piperidine rings is 1. The van der Waals surface area contributed by atoms with Gasteiger partial charge in [0.1, 0.15) is 24.0 Å². The molecule has 0 aromatic heterocycles. The lowest BCUT2D eigenvalue weighted by Crippen LogP contribution is -2.61. The van der Waals surface area contributed by atoms with Crippen LogP contribution in [-0.4, -0.2) is 126 Å². The molecule has 3 aliphatic heterocycles. The molecule has 2 bridgehead atoms. The Balaban J connectivity index is 1.68. The fourth-order valence-electron chi connectivity index (χ4n) is 10.3. The van der Waals surface area contributed by atoms with E-state index in [1.807, 2.05) is 38.2 Å². The SMILES string of the molecule is CO[C@H]1C[C@@H]2CC[C@@H](C)[C@@](O)(O2)C(=O)C(=O)N2CCCC[C@H]2C(=O)O[C@H]([C@H](C)CC2CC[C@@H](O)[C@H](OC)C2)CC(=O)[C@H](C)/C=C(\C)[C@@H](O)[C@@H](OC)C[C@H](C)C[C@H](C)/C=C/C=C/C=C/1C. The molecule has 4 rings (SSSR count). The van der Waals surface area contributed by atoms with E-state index in [1.165, 1.54) is 4.90 Å². The summed E-state index contributed by atoms with van der Waals surface area (Å²) in [5, 5.41) is 33.9. The zero-order chi connectivity index (χ0) is 47.3. The molecule has 13 nitrogen and oxygen atoms in total. The summed E-state index contributed by atoms with van der Waals surface area (Å²) in [4.78, 5) is 58.1. The van der Waals surface area contributed by atoms with E-state index in [2.05, 4.69) is 19.9 Å². The van der Waals surface area contributed by atoms with E-state index in [-0.39, 0.29) is 61.0 Å². The highest BCUT2D eigenvalue weighted by atomic mass is 16.6. The average Bonchev–Trinajstić information content (AvgIpc) is 3.27. The van der Waals surface area contributed by atoms with Crippen LogP contribution >= 0.6 is 0 Å². The number of cyclic esters (lactones) is 1. The summed E-state index contributed by atoms with van der Waals surface area (Å²) in [6.07, 6.45) is 14.3. The van der Waals surface area contributed by atoms with Crippen LogP contribution in [0.2, 0.25) is 0 Å². The van der Waals surface area contributed by atoms with Gasteiger partial charge in [0.05, 0.1) is 30.5 Å². The molecule has 13 heteroatoms. The van der Waals surface area contributed by atoms with Crippen molar-refractivity contribution in [3.63, 3.8) is 0 Å². The van der Waals surface area contributed by atoms with E-state index in [1.54, 1.807) is 48.2 Å². The van der Waals surface area contributed by atoms with Crippen molar-refractivity contribution in [2.24, 2.45) is 35.5 Å². The highest BCUT2D eigenvalue weighted by Gasteiger charge is 2.53. The Morgan fingerprint density at radius 1 is 0.828 bits per heavy atom. The summed E-state index contributed by atoms with van der Waals surface area (Å²) in [7, 11) is 4.78. The minimum absolute atomic E-state index is 0.106. The molecule has 1 aliphatic carbocycles. The number of fused-ring (bicyclic) bond motifs is 3. The summed E-state index contributed by atoms with van der Waals surface area (Å²) in [6, 6.07) is -1.10. The number of ether oxygens (including phenoxy) is 5. The molecule has 3 fully saturated rings. The van der Waals surface area contributed by atoms with Crippen LogP contribution in [0.1, 0.15) is 132 Å². The number of carbonyl (C=O) groups is 4. The Labute approximate surface area is 383 Å². The van der Waals surface area contributed by atoms with E-state index in [0.29, 0.717) is 63.4 Å². The normalized spacial score (nSPS) is 40.8. The first-order chi connectivity index (χ1) is 30.3. The average molecular weight is 900 g/mol. The van der Waals surface area contributed by atoms with Gasteiger partial charge >= 0.3 is 5.97 Å². The summed E-state index contributed by atoms with van der Waals surface area (Å²) < 4.78 is 29.7. The summed E-state index contributed by atoms with van der Waals surface area (Å²) >= 11 is 0. The van der Waals surface area contributed by atoms with Gasteiger partial charge < -0.3 is 43.9 Å². The van der Waals surface area contributed by atoms with Crippen molar-refractivity contribution in [2.45, 2.75) is 186 Å². The van der Waals surface area contributed by atoms with Gasteiger partial charge in [-0.05, 0) is 119 Å². The largest absolute Gasteiger partial charge is 0.460 e. The van der Waals surface area contributed by atoms with Crippen molar-refractivity contribution in [1.82, 2.24) is 4.90 Å². The van der Waals surface area contributed by atoms with Gasteiger partial charge in [0.2, 0.25) is 5.79 Å². The van der Waals surface area contributed by atoms with Gasteiger partial charge in [-0.15, -0.1) is 0 Å². The Hall–Kier alpha value is -3.04. The van der Waals surface area contributed by atoms with Gasteiger partial charge in [-0.25, -0.2) is 4.79 Å². The zero-order valence-electron chi connectivity index (χ0n) is 40.4. The third-order valence-electron chi connectivity index (χ3n) is 14.5. The van der Waals surface area contributed by atoms with Crippen LogP contribution < -0.4 is 0 Å². The first-order valence-corrected chi connectivity index (χ1v) is 24.0. The Bertz CT molecular complexity index is 1670. The van der Waals surface area contributed by atoms with Crippen LogP contribution in [0, 0.1) is 35.5 Å². The van der Waals surface area contributed by atoms with Gasteiger partial charge in [-0.1, -0.05) is 71.1 Å². The van der Waals surface area contributed by atoms with Crippen LogP contribution in [0.25, 0.3) is 0 Å². The third kappa shape index (κ3) is 14.5. The maximum atomic E-state index is 14.4. The maximum absolute atomic E-state index is 14.4. The highest BCUT2D eigenvalue weighted by molar-refractivity contribution is 6.39. The van der Waals surface area contributed by atoms with Crippen molar-refractivity contribution in [3.05, 3.63) is 47.6 Å². The molecule has 64 heavy (non-hydrogen) atoms. The van der Waals surface area contributed by atoms with Gasteiger partial charge in [0.15, 0.2) is 0 Å². The Morgan fingerprint density at radius 2 is 1.55 bits per heavy atom. The molecule has 362 valence electrons. The molecule has 0 radical (unpaired) electrons. The van der Waals surface area contributed by atoms with Crippen molar-refractivity contribution >= 4 is 23.4 Å². The number of nitrogens with zero attached hydrogens (tertiary/aromatic N) is 1. The lowest BCUT2D eigenvalue weighted by Gasteiger charge is -2.42. The second-order valence-corrected chi connectivity index (χ2v) is 19.7. The number of amides is 1. The monoisotopic (exact) mass is 900 g/mol. The molecule has 1 unspecified atom stereocenters. The second kappa shape index (κ2) is 25.2. The number of methoxy groups -OCH3 is 3. The number of Topliss-reactive ketones (excluding diaryl/α,β-unsaturated/α-hetero) is 2. The molecule has 3 heterocycles. The standard InChI is InChI=1S/C51H81NO12/c1-31-16-12-11-13-17-33(3)43(60-8)29-39-21-19-37(7)51(59,64-39)48(56)49(57)52-23-15-14-18-40(52)50(58)63-44(35(5)27-38-20-22-41(53)45(28-38)61-9)30-42(54)34(4)26-36(6)47(55)46(62-10)25-32(2)24-31/h11-13,16-17,26,31-32,34-35,37-41,43-47,53,55,59H,14-15,18-25,27-30H2,1-10H3/b13-11+,16-12+,33-17+,36-26+/t31-,32-,34-,35-,37-,38?,39+,40+,41-,43+,44+,45-,46+,47-,51-/m1/s1. The van der Waals surface area contributed by atoms with Crippen molar-refractivity contribution in [2.75, 3.05) is 27.9 Å². The molecule has 3 N–H and O–H groups in total. The van der Waals surface area contributed by atoms with Crippen molar-refractivity contribution in [3.8, 4) is 0 Å². The minimum atomic E-state index is -2.40. The van der Waals surface area contributed by atoms with Crippen LogP contribution in [-0.2, 0) is 42.9 Å². The van der Waals surface area contributed by atoms with Crippen LogP contribution in [0.5, 0.6) is 0 Å². The molecule has 0 spiro atoms. The summed E-state index contributed by atoms with van der Waals surface area (Å²) in [5.74, 6) is -6.38. The van der Waals surface area contributed by atoms with Gasteiger partial charge in [-0.2, -0.15) is 0 Å². The number of rotatable bonds is 6. The quantitative estimate of drug-likeness (QED) is 0.142. The molecule has 1 saturated carbocycles. The minimum Gasteiger partial charge on any atom is -0.460 e. The fourth-order valence-corrected chi connectivity index (χ4v) is 10.3. The van der Waals surface area contributed by atoms with Crippen LogP contribution in [0.3, 0.4) is 0 Å². The summed E-state index contributed by atoms with van der Waals surface area (Å²) in [5.41, 5.74) is 1.54. The Morgan fingerprint density at radius 3 is 2.23 bits per heavy atom. The first kappa shape index (κ1) is 53.6. The molecular formula is C51H81NO12. The van der Waals surface area contributed by atoms with Crippen molar-refractivity contribution in [1.29, 1.82) is 0 Å². The smallest absolute Gasteiger partial charge is 0.329 e. The number of carbonyl (C=O) groups excluding carboxylic acids is 4. The molecule has 0 aromatic carbocycles. The number of allylic oxidation sites excluding steroid dienone is 6. The highest BCUT2D eigenvalue weighted by Crippen LogP contribution is 2.38. The Kier molecular flexibility index (Phi) is 21.1. The molecule has 1 amide bonds. The molecule has 15 atom stereocenters. The molecular weight excluding hydrogens is 819 g/mol. The fraction of sp³-hybridized carbons (Fsp3) is 0.765. The number of ketones is 2. The van der Waals surface area contributed by atoms with Gasteiger partial charge in [0, 0.05) is 52.6 Å². The lowest BCUT2D eigenvalue weighted by atomic mass is 9.78. The van der Waals surface area contributed by atoms with E-state index < -0.39 is 71.8 Å². The van der Waals surface area contributed by atoms with E-state index in [0.717, 1.165) is 18.4 Å². The van der Waals surface area contributed by atoms with Gasteiger partial charge in [-0.3, -0.25) is 14.4 Å². The number of esters is 1. The maximum Gasteiger partial charge on any atom is 0.329 e. The molecule has 2 saturated heterocycles. The number of aliphatic hydroxyl groups is 3. The van der Waals surface area contributed by atoms with Crippen LogP contribution in [0.4, 0.5) is 0 Å². The molecule has 4 aliphatic rings. The summed E-state index contributed by atoms with van der Waals surface area (Å²) in [6.45, 7) is 13.6. The van der Waals surface area contributed by atoms with Gasteiger partial charge in [0.25, 0.3) is 11.7 Å². The van der Waals surface area contributed by atoms with Crippen molar-refractivity contribution < 1.29 is 58.2 Å². The molecule has 0 aromatic rings.